The normalized spacial score (nSPS) is 11.3. The molecule has 0 atom stereocenters. The third kappa shape index (κ3) is 2.40. The molecule has 2 heterocycles. The van der Waals surface area contributed by atoms with Crippen molar-refractivity contribution in [2.75, 3.05) is 4.72 Å². The van der Waals surface area contributed by atoms with Crippen molar-refractivity contribution in [1.82, 2.24) is 14.6 Å². The molecule has 0 amide bonds. The van der Waals surface area contributed by atoms with Crippen LogP contribution < -0.4 is 4.72 Å². The summed E-state index contributed by atoms with van der Waals surface area (Å²) in [5.41, 5.74) is 0.656. The maximum Gasteiger partial charge on any atom is 0.356 e. The molecular weight excluding hydrogens is 288 g/mol. The molecule has 8 nitrogen and oxygen atoms in total. The van der Waals surface area contributed by atoms with Crippen molar-refractivity contribution >= 4 is 43.9 Å². The van der Waals surface area contributed by atoms with Gasteiger partial charge in [0.1, 0.15) is 5.00 Å². The fourth-order valence-electron chi connectivity index (χ4n) is 0.959. The highest BCUT2D eigenvalue weighted by Gasteiger charge is 2.26. The number of anilines is 1. The molecule has 0 unspecified atom stereocenters. The third-order valence-electron chi connectivity index (χ3n) is 1.58. The largest absolute Gasteiger partial charge is 0.476 e. The number of carboxylic acid groups (broad SMARTS) is 1. The number of aromatic nitrogens is 3. The fourth-order valence-corrected chi connectivity index (χ4v) is 3.79. The van der Waals surface area contributed by atoms with E-state index in [0.29, 0.717) is 0 Å². The van der Waals surface area contributed by atoms with E-state index in [1.54, 1.807) is 0 Å². The smallest absolute Gasteiger partial charge is 0.356 e. The van der Waals surface area contributed by atoms with Gasteiger partial charge in [-0.3, -0.25) is 4.72 Å². The van der Waals surface area contributed by atoms with E-state index in [0.717, 1.165) is 28.4 Å². The second-order valence-corrected chi connectivity index (χ2v) is 6.20. The van der Waals surface area contributed by atoms with Crippen LogP contribution in [0.15, 0.2) is 15.9 Å². The highest BCUT2D eigenvalue weighted by Crippen LogP contribution is 2.23. The van der Waals surface area contributed by atoms with Gasteiger partial charge in [0.2, 0.25) is 0 Å². The number of nitrogens with one attached hydrogen (secondary N) is 1. The van der Waals surface area contributed by atoms with Crippen LogP contribution in [0.5, 0.6) is 0 Å². The third-order valence-corrected chi connectivity index (χ3v) is 5.02. The second kappa shape index (κ2) is 4.35. The molecule has 0 bridgehead atoms. The Labute approximate surface area is 103 Å². The van der Waals surface area contributed by atoms with Crippen LogP contribution in [0.4, 0.5) is 5.00 Å². The van der Waals surface area contributed by atoms with Gasteiger partial charge in [0.15, 0.2) is 9.90 Å². The van der Waals surface area contributed by atoms with Crippen LogP contribution in [0.25, 0.3) is 0 Å². The van der Waals surface area contributed by atoms with Gasteiger partial charge in [-0.05, 0) is 0 Å². The van der Waals surface area contributed by atoms with Gasteiger partial charge in [-0.2, -0.15) is 0 Å². The lowest BCUT2D eigenvalue weighted by Crippen LogP contribution is -2.14. The standard InChI is InChI=1S/C6H4N4O4S3/c11-5(12)4-6(15-2-7-4)17(13,14)9-3-1-8-10-16-3/h1-2,9H,(H,11,12). The van der Waals surface area contributed by atoms with Crippen LogP contribution in [-0.2, 0) is 10.0 Å². The molecule has 0 saturated carbocycles. The summed E-state index contributed by atoms with van der Waals surface area (Å²) in [5, 5.41) is 12.4. The molecule has 0 aliphatic heterocycles. The van der Waals surface area contributed by atoms with Crippen molar-refractivity contribution in [2.45, 2.75) is 4.21 Å². The SMILES string of the molecule is O=C(O)c1ncsc1S(=O)(=O)Nc1cnns1. The van der Waals surface area contributed by atoms with E-state index in [4.69, 9.17) is 5.11 Å². The lowest BCUT2D eigenvalue weighted by Gasteiger charge is -2.02. The van der Waals surface area contributed by atoms with E-state index in [9.17, 15) is 13.2 Å². The van der Waals surface area contributed by atoms with E-state index < -0.39 is 21.7 Å². The quantitative estimate of drug-likeness (QED) is 0.840. The molecule has 0 fully saturated rings. The summed E-state index contributed by atoms with van der Waals surface area (Å²) in [5.74, 6) is -1.39. The predicted molar refractivity (Wildman–Crippen MR) is 59.8 cm³/mol. The first-order chi connectivity index (χ1) is 8.00. The van der Waals surface area contributed by atoms with Crippen LogP contribution in [-0.4, -0.2) is 34.1 Å². The Morgan fingerprint density at radius 3 is 2.82 bits per heavy atom. The van der Waals surface area contributed by atoms with Gasteiger partial charge in [0, 0.05) is 11.5 Å². The van der Waals surface area contributed by atoms with Crippen LogP contribution in [0.3, 0.4) is 0 Å². The Morgan fingerprint density at radius 1 is 1.47 bits per heavy atom. The molecule has 2 aromatic rings. The maximum atomic E-state index is 11.8. The molecule has 2 rings (SSSR count). The first-order valence-corrected chi connectivity index (χ1v) is 7.11. The fraction of sp³-hybridized carbons (Fsp3) is 0. The van der Waals surface area contributed by atoms with Crippen LogP contribution in [0.2, 0.25) is 0 Å². The lowest BCUT2D eigenvalue weighted by molar-refractivity contribution is 0.0687. The number of carbonyl (C=O) groups is 1. The molecule has 0 aromatic carbocycles. The predicted octanol–water partition coefficient (Wildman–Crippen LogP) is 0.494. The van der Waals surface area contributed by atoms with E-state index in [-0.39, 0.29) is 9.21 Å². The number of nitrogens with zero attached hydrogens (tertiary/aromatic N) is 3. The van der Waals surface area contributed by atoms with Crippen molar-refractivity contribution in [3.63, 3.8) is 0 Å². The number of carboxylic acids is 1. The molecule has 17 heavy (non-hydrogen) atoms. The number of hydrogen-bond donors (Lipinski definition) is 2. The van der Waals surface area contributed by atoms with E-state index in [2.05, 4.69) is 19.3 Å². The molecule has 0 spiro atoms. The molecule has 0 aliphatic carbocycles. The molecule has 11 heteroatoms. The number of aromatic carboxylic acids is 1. The average Bonchev–Trinajstić information content (AvgIpc) is 2.84. The highest BCUT2D eigenvalue weighted by atomic mass is 32.2. The van der Waals surface area contributed by atoms with Gasteiger partial charge in [-0.25, -0.2) is 18.2 Å². The van der Waals surface area contributed by atoms with Gasteiger partial charge >= 0.3 is 5.97 Å². The zero-order valence-corrected chi connectivity index (χ0v) is 10.3. The van der Waals surface area contributed by atoms with Gasteiger partial charge in [-0.15, -0.1) is 16.4 Å². The average molecular weight is 292 g/mol. The molecule has 2 N–H and O–H groups in total. The summed E-state index contributed by atoms with van der Waals surface area (Å²) in [7, 11) is -3.96. The summed E-state index contributed by atoms with van der Waals surface area (Å²) < 4.78 is 29.0. The first-order valence-electron chi connectivity index (χ1n) is 3.97. The molecule has 2 aromatic heterocycles. The van der Waals surface area contributed by atoms with Gasteiger partial charge in [0.05, 0.1) is 11.7 Å². The van der Waals surface area contributed by atoms with Crippen molar-refractivity contribution in [1.29, 1.82) is 0 Å². The van der Waals surface area contributed by atoms with E-state index in [1.807, 2.05) is 0 Å². The Kier molecular flexibility index (Phi) is 3.04. The van der Waals surface area contributed by atoms with Gasteiger partial charge in [0.25, 0.3) is 10.0 Å². The minimum Gasteiger partial charge on any atom is -0.476 e. The van der Waals surface area contributed by atoms with Gasteiger partial charge in [-0.1, -0.05) is 4.49 Å². The van der Waals surface area contributed by atoms with Crippen molar-refractivity contribution < 1.29 is 18.3 Å². The number of thiazole rings is 1. The Hall–Kier alpha value is -1.59. The number of sulfonamides is 1. The number of hydrogen-bond acceptors (Lipinski definition) is 8. The summed E-state index contributed by atoms with van der Waals surface area (Å²) >= 11 is 1.57. The van der Waals surface area contributed by atoms with E-state index >= 15 is 0 Å². The highest BCUT2D eigenvalue weighted by molar-refractivity contribution is 7.94. The second-order valence-electron chi connectivity index (χ2n) is 2.68. The van der Waals surface area contributed by atoms with Gasteiger partial charge < -0.3 is 5.11 Å². The summed E-state index contributed by atoms with van der Waals surface area (Å²) in [4.78, 5) is 14.2. The monoisotopic (exact) mass is 292 g/mol. The molecule has 0 radical (unpaired) electrons. The molecule has 90 valence electrons. The lowest BCUT2D eigenvalue weighted by atomic mass is 10.5. The van der Waals surface area contributed by atoms with E-state index in [1.165, 1.54) is 6.20 Å². The first kappa shape index (κ1) is 11.9. The Bertz CT molecular complexity index is 632. The van der Waals surface area contributed by atoms with Crippen LogP contribution in [0, 0.1) is 0 Å². The maximum absolute atomic E-state index is 11.8. The topological polar surface area (TPSA) is 122 Å². The van der Waals surface area contributed by atoms with Crippen LogP contribution in [0.1, 0.15) is 10.5 Å². The zero-order chi connectivity index (χ0) is 12.5. The zero-order valence-electron chi connectivity index (χ0n) is 7.89. The van der Waals surface area contributed by atoms with Crippen molar-refractivity contribution in [3.05, 3.63) is 17.4 Å². The Balaban J connectivity index is 2.38. The number of rotatable bonds is 4. The van der Waals surface area contributed by atoms with Crippen molar-refractivity contribution in [3.8, 4) is 0 Å². The summed E-state index contributed by atoms with van der Waals surface area (Å²) in [6.07, 6.45) is 1.23. The van der Waals surface area contributed by atoms with Crippen molar-refractivity contribution in [2.24, 2.45) is 0 Å². The Morgan fingerprint density at radius 2 is 2.24 bits per heavy atom. The minimum atomic E-state index is -3.96. The minimum absolute atomic E-state index is 0.203. The van der Waals surface area contributed by atoms with Crippen LogP contribution >= 0.6 is 22.9 Å². The molecule has 0 saturated heterocycles. The summed E-state index contributed by atoms with van der Waals surface area (Å²) in [6, 6.07) is 0. The molecule has 0 aliphatic rings. The molecular formula is C6H4N4O4S3. The summed E-state index contributed by atoms with van der Waals surface area (Å²) in [6.45, 7) is 0.